The van der Waals surface area contributed by atoms with Gasteiger partial charge in [-0.25, -0.2) is 0 Å². The molecule has 0 aliphatic carbocycles. The monoisotopic (exact) mass is 367 g/mol. The van der Waals surface area contributed by atoms with Gasteiger partial charge in [-0.2, -0.15) is 0 Å². The second-order valence-corrected chi connectivity index (χ2v) is 6.78. The predicted molar refractivity (Wildman–Crippen MR) is 102 cm³/mol. The van der Waals surface area contributed by atoms with Crippen LogP contribution in [0.4, 0.5) is 0 Å². The van der Waals surface area contributed by atoms with E-state index in [0.29, 0.717) is 32.0 Å². The van der Waals surface area contributed by atoms with Crippen molar-refractivity contribution in [2.75, 3.05) is 19.6 Å². The molecule has 0 spiro atoms. The molecule has 2 unspecified atom stereocenters. The van der Waals surface area contributed by atoms with Crippen LogP contribution in [0.3, 0.4) is 0 Å². The molecule has 1 aliphatic rings. The normalized spacial score (nSPS) is 19.9. The summed E-state index contributed by atoms with van der Waals surface area (Å²) in [5.41, 5.74) is 6.92. The summed E-state index contributed by atoms with van der Waals surface area (Å²) in [5, 5.41) is 0. The van der Waals surface area contributed by atoms with Crippen molar-refractivity contribution in [3.8, 4) is 0 Å². The van der Waals surface area contributed by atoms with Crippen molar-refractivity contribution in [3.63, 3.8) is 0 Å². The molecule has 0 saturated carbocycles. The summed E-state index contributed by atoms with van der Waals surface area (Å²) >= 11 is 0. The quantitative estimate of drug-likeness (QED) is 0.839. The van der Waals surface area contributed by atoms with E-state index in [1.807, 2.05) is 35.2 Å². The maximum atomic E-state index is 12.6. The van der Waals surface area contributed by atoms with Crippen molar-refractivity contribution in [1.29, 1.82) is 0 Å². The lowest BCUT2D eigenvalue weighted by Gasteiger charge is -2.38. The van der Waals surface area contributed by atoms with Crippen LogP contribution in [0, 0.1) is 5.92 Å². The summed E-state index contributed by atoms with van der Waals surface area (Å²) in [6, 6.07) is 10.00. The number of hydrogen-bond acceptors (Lipinski definition) is 3. The van der Waals surface area contributed by atoms with Crippen LogP contribution in [-0.2, 0) is 16.1 Å². The van der Waals surface area contributed by atoms with Crippen molar-refractivity contribution < 1.29 is 9.59 Å². The smallest absolute Gasteiger partial charge is 0.224 e. The molecule has 2 rings (SSSR count). The van der Waals surface area contributed by atoms with E-state index in [1.54, 1.807) is 11.8 Å². The second kappa shape index (κ2) is 10.4. The highest BCUT2D eigenvalue weighted by atomic mass is 35.5. The number of nitrogens with two attached hydrogens (primary N) is 1. The molecule has 25 heavy (non-hydrogen) atoms. The average Bonchev–Trinajstić information content (AvgIpc) is 2.58. The zero-order chi connectivity index (χ0) is 17.5. The van der Waals surface area contributed by atoms with Crippen molar-refractivity contribution in [1.82, 2.24) is 9.80 Å². The van der Waals surface area contributed by atoms with Gasteiger partial charge in [-0.3, -0.25) is 9.59 Å². The van der Waals surface area contributed by atoms with Gasteiger partial charge < -0.3 is 15.5 Å². The first-order valence-electron chi connectivity index (χ1n) is 8.80. The van der Waals surface area contributed by atoms with Crippen LogP contribution in [0.2, 0.25) is 0 Å². The molecule has 1 heterocycles. The zero-order valence-electron chi connectivity index (χ0n) is 15.2. The van der Waals surface area contributed by atoms with E-state index in [2.05, 4.69) is 6.92 Å². The molecule has 5 nitrogen and oxygen atoms in total. The Hall–Kier alpha value is -1.59. The number of hydrogen-bond donors (Lipinski definition) is 1. The van der Waals surface area contributed by atoms with Gasteiger partial charge in [0.25, 0.3) is 0 Å². The number of benzene rings is 1. The highest BCUT2D eigenvalue weighted by molar-refractivity contribution is 5.85. The van der Waals surface area contributed by atoms with Gasteiger partial charge in [0.1, 0.15) is 0 Å². The Labute approximate surface area is 157 Å². The molecular formula is C19H30ClN3O2. The highest BCUT2D eigenvalue weighted by Crippen LogP contribution is 2.22. The first kappa shape index (κ1) is 21.5. The first-order valence-corrected chi connectivity index (χ1v) is 8.80. The molecule has 1 saturated heterocycles. The Morgan fingerprint density at radius 1 is 1.28 bits per heavy atom. The summed E-state index contributed by atoms with van der Waals surface area (Å²) < 4.78 is 0. The maximum Gasteiger partial charge on any atom is 0.224 e. The SMILES string of the molecule is CC(=O)N(CCC(=O)N1CCC(C)CC1CN)Cc1ccccc1.Cl. The van der Waals surface area contributed by atoms with Crippen molar-refractivity contribution >= 4 is 24.2 Å². The van der Waals surface area contributed by atoms with E-state index in [-0.39, 0.29) is 30.3 Å². The number of carbonyl (C=O) groups is 2. The van der Waals surface area contributed by atoms with Gasteiger partial charge in [0.05, 0.1) is 0 Å². The minimum Gasteiger partial charge on any atom is -0.338 e. The molecular weight excluding hydrogens is 338 g/mol. The van der Waals surface area contributed by atoms with Gasteiger partial charge in [0.2, 0.25) is 11.8 Å². The second-order valence-electron chi connectivity index (χ2n) is 6.78. The topological polar surface area (TPSA) is 66.6 Å². The van der Waals surface area contributed by atoms with Crippen molar-refractivity contribution in [3.05, 3.63) is 35.9 Å². The van der Waals surface area contributed by atoms with Crippen molar-refractivity contribution in [2.45, 2.75) is 45.7 Å². The van der Waals surface area contributed by atoms with Crippen LogP contribution in [0.15, 0.2) is 30.3 Å². The molecule has 0 radical (unpaired) electrons. The number of piperidine rings is 1. The van der Waals surface area contributed by atoms with Gasteiger partial charge in [-0.1, -0.05) is 37.3 Å². The van der Waals surface area contributed by atoms with Gasteiger partial charge in [-0.05, 0) is 24.3 Å². The summed E-state index contributed by atoms with van der Waals surface area (Å²) in [6.07, 6.45) is 2.36. The largest absolute Gasteiger partial charge is 0.338 e. The average molecular weight is 368 g/mol. The lowest BCUT2D eigenvalue weighted by atomic mass is 9.92. The lowest BCUT2D eigenvalue weighted by Crippen LogP contribution is -2.49. The van der Waals surface area contributed by atoms with Crippen molar-refractivity contribution in [2.24, 2.45) is 11.7 Å². The van der Waals surface area contributed by atoms with Gasteiger partial charge in [-0.15, -0.1) is 12.4 Å². The Morgan fingerprint density at radius 2 is 1.96 bits per heavy atom. The molecule has 140 valence electrons. The summed E-state index contributed by atoms with van der Waals surface area (Å²) in [5.74, 6) is 0.723. The standard InChI is InChI=1S/C19H29N3O2.ClH/c1-15-8-11-22(18(12-15)13-20)19(24)9-10-21(16(2)23)14-17-6-4-3-5-7-17;/h3-7,15,18H,8-14,20H2,1-2H3;1H. The third-order valence-electron chi connectivity index (χ3n) is 4.83. The van der Waals surface area contributed by atoms with Crippen LogP contribution < -0.4 is 5.73 Å². The van der Waals surface area contributed by atoms with E-state index >= 15 is 0 Å². The number of nitrogens with zero attached hydrogens (tertiary/aromatic N) is 2. The predicted octanol–water partition coefficient (Wildman–Crippen LogP) is 2.43. The van der Waals surface area contributed by atoms with E-state index < -0.39 is 0 Å². The van der Waals surface area contributed by atoms with E-state index in [4.69, 9.17) is 5.73 Å². The molecule has 2 amide bonds. The molecule has 6 heteroatoms. The number of amides is 2. The fourth-order valence-corrected chi connectivity index (χ4v) is 3.33. The van der Waals surface area contributed by atoms with Gasteiger partial charge in [0, 0.05) is 45.6 Å². The lowest BCUT2D eigenvalue weighted by molar-refractivity contribution is -0.136. The Bertz CT molecular complexity index is 553. The van der Waals surface area contributed by atoms with Crippen LogP contribution in [-0.4, -0.2) is 47.3 Å². The summed E-state index contributed by atoms with van der Waals surface area (Å²) in [7, 11) is 0. The third kappa shape index (κ3) is 6.33. The number of likely N-dealkylation sites (tertiary alicyclic amines) is 1. The van der Waals surface area contributed by atoms with Gasteiger partial charge >= 0.3 is 0 Å². The Balaban J connectivity index is 0.00000312. The zero-order valence-corrected chi connectivity index (χ0v) is 16.0. The highest BCUT2D eigenvalue weighted by Gasteiger charge is 2.28. The molecule has 1 aromatic rings. The fraction of sp³-hybridized carbons (Fsp3) is 0.579. The Kier molecular flexibility index (Phi) is 8.93. The Morgan fingerprint density at radius 3 is 2.56 bits per heavy atom. The molecule has 2 atom stereocenters. The molecule has 0 aromatic heterocycles. The summed E-state index contributed by atoms with van der Waals surface area (Å²) in [4.78, 5) is 28.1. The summed E-state index contributed by atoms with van der Waals surface area (Å²) in [6.45, 7) is 6.05. The van der Waals surface area contributed by atoms with Crippen LogP contribution in [0.5, 0.6) is 0 Å². The molecule has 0 bridgehead atoms. The number of rotatable bonds is 6. The van der Waals surface area contributed by atoms with E-state index in [1.165, 1.54) is 0 Å². The fourth-order valence-electron chi connectivity index (χ4n) is 3.33. The minimum absolute atomic E-state index is 0. The molecule has 1 aliphatic heterocycles. The van der Waals surface area contributed by atoms with Crippen LogP contribution in [0.1, 0.15) is 38.7 Å². The molecule has 1 fully saturated rings. The molecule has 1 aromatic carbocycles. The molecule has 2 N–H and O–H groups in total. The number of halogens is 1. The van der Waals surface area contributed by atoms with E-state index in [0.717, 1.165) is 24.9 Å². The van der Waals surface area contributed by atoms with Crippen LogP contribution in [0.25, 0.3) is 0 Å². The van der Waals surface area contributed by atoms with E-state index in [9.17, 15) is 9.59 Å². The third-order valence-corrected chi connectivity index (χ3v) is 4.83. The minimum atomic E-state index is -0.00528. The first-order chi connectivity index (χ1) is 11.5. The van der Waals surface area contributed by atoms with Gasteiger partial charge in [0.15, 0.2) is 0 Å². The maximum absolute atomic E-state index is 12.6. The van der Waals surface area contributed by atoms with Crippen LogP contribution >= 0.6 is 12.4 Å². The number of carbonyl (C=O) groups excluding carboxylic acids is 2.